The van der Waals surface area contributed by atoms with Crippen LogP contribution >= 0.6 is 0 Å². The first-order chi connectivity index (χ1) is 14.6. The molecule has 10 heteroatoms. The van der Waals surface area contributed by atoms with Crippen LogP contribution in [0.4, 0.5) is 11.6 Å². The Kier molecular flexibility index (Phi) is 4.55. The molecule has 154 valence electrons. The molecule has 0 amide bonds. The van der Waals surface area contributed by atoms with Crippen molar-refractivity contribution in [2.24, 2.45) is 7.05 Å². The number of H-pyrrole nitrogens is 1. The van der Waals surface area contributed by atoms with Gasteiger partial charge in [0.25, 0.3) is 0 Å². The largest absolute Gasteiger partial charge is 0.381 e. The molecule has 0 unspecified atom stereocenters. The van der Waals surface area contributed by atoms with Crippen molar-refractivity contribution in [1.82, 2.24) is 34.3 Å². The van der Waals surface area contributed by atoms with Crippen LogP contribution in [0.2, 0.25) is 0 Å². The topological polar surface area (TPSA) is 116 Å². The number of aryl methyl sites for hydroxylation is 2. The maximum Gasteiger partial charge on any atom is 0.330 e. The lowest BCUT2D eigenvalue weighted by molar-refractivity contribution is 0.0695. The van der Waals surface area contributed by atoms with E-state index < -0.39 is 0 Å². The van der Waals surface area contributed by atoms with Crippen molar-refractivity contribution in [3.63, 3.8) is 0 Å². The summed E-state index contributed by atoms with van der Waals surface area (Å²) in [5.41, 5.74) is 4.82. The van der Waals surface area contributed by atoms with Gasteiger partial charge in [0.2, 0.25) is 5.95 Å². The van der Waals surface area contributed by atoms with Crippen LogP contribution in [0.3, 0.4) is 0 Å². The first-order valence-electron chi connectivity index (χ1n) is 9.86. The molecule has 0 saturated carbocycles. The van der Waals surface area contributed by atoms with E-state index in [2.05, 4.69) is 30.5 Å². The fourth-order valence-corrected chi connectivity index (χ4v) is 3.82. The Bertz CT molecular complexity index is 1250. The molecular weight excluding hydrogens is 384 g/mol. The number of imidazole rings is 1. The molecule has 0 radical (unpaired) electrons. The molecule has 0 aliphatic carbocycles. The summed E-state index contributed by atoms with van der Waals surface area (Å²) in [5.74, 6) is 0.426. The summed E-state index contributed by atoms with van der Waals surface area (Å²) in [7, 11) is 1.75. The zero-order valence-corrected chi connectivity index (χ0v) is 16.8. The molecule has 5 rings (SSSR count). The lowest BCUT2D eigenvalue weighted by atomic mass is 10.1. The standard InChI is InChI=1S/C20H22N8O2/c1-12-7-15(13-8-23-24-9-13)21-10-16(12)25-19-22-11-17-18(26-19)28(20(29)27(17)2)14-3-5-30-6-4-14/h7-11,14H,3-6H2,1-2H3,(H,23,24)(H,22,25,26). The van der Waals surface area contributed by atoms with Crippen molar-refractivity contribution in [3.8, 4) is 11.3 Å². The van der Waals surface area contributed by atoms with Gasteiger partial charge < -0.3 is 10.1 Å². The highest BCUT2D eigenvalue weighted by atomic mass is 16.5. The lowest BCUT2D eigenvalue weighted by Gasteiger charge is -2.22. The molecule has 0 aromatic carbocycles. The number of hydrogen-bond donors (Lipinski definition) is 2. The van der Waals surface area contributed by atoms with Crippen molar-refractivity contribution < 1.29 is 4.74 Å². The van der Waals surface area contributed by atoms with Crippen LogP contribution in [0, 0.1) is 6.92 Å². The van der Waals surface area contributed by atoms with Crippen LogP contribution in [-0.2, 0) is 11.8 Å². The Labute approximate surface area is 172 Å². The maximum atomic E-state index is 12.8. The Morgan fingerprint density at radius 1 is 1.20 bits per heavy atom. The molecule has 0 spiro atoms. The summed E-state index contributed by atoms with van der Waals surface area (Å²) in [4.78, 5) is 26.4. The van der Waals surface area contributed by atoms with Crippen LogP contribution in [0.25, 0.3) is 22.4 Å². The summed E-state index contributed by atoms with van der Waals surface area (Å²) in [6.07, 6.45) is 8.56. The van der Waals surface area contributed by atoms with Gasteiger partial charge in [0, 0.05) is 38.1 Å². The molecule has 1 aliphatic rings. The highest BCUT2D eigenvalue weighted by Crippen LogP contribution is 2.26. The number of rotatable bonds is 4. The minimum atomic E-state index is -0.0781. The highest BCUT2D eigenvalue weighted by Gasteiger charge is 2.23. The number of nitrogens with one attached hydrogen (secondary N) is 2. The number of pyridine rings is 1. The van der Waals surface area contributed by atoms with Crippen molar-refractivity contribution in [2.45, 2.75) is 25.8 Å². The summed E-state index contributed by atoms with van der Waals surface area (Å²) in [6.45, 7) is 3.29. The zero-order valence-electron chi connectivity index (χ0n) is 16.8. The van der Waals surface area contributed by atoms with Gasteiger partial charge in [-0.05, 0) is 31.4 Å². The Hall–Kier alpha value is -3.53. The molecule has 1 saturated heterocycles. The van der Waals surface area contributed by atoms with Gasteiger partial charge in [0.15, 0.2) is 5.65 Å². The average molecular weight is 406 g/mol. The van der Waals surface area contributed by atoms with E-state index in [4.69, 9.17) is 4.74 Å². The fourth-order valence-electron chi connectivity index (χ4n) is 3.82. The SMILES string of the molecule is Cc1cc(-c2cn[nH]c2)ncc1Nc1ncc2c(n1)n(C1CCOCC1)c(=O)n2C. The number of aromatic amines is 1. The molecule has 1 aliphatic heterocycles. The quantitative estimate of drug-likeness (QED) is 0.534. The van der Waals surface area contributed by atoms with E-state index in [9.17, 15) is 4.79 Å². The summed E-state index contributed by atoms with van der Waals surface area (Å²) in [5, 5.41) is 10.00. The first kappa shape index (κ1) is 18.5. The Balaban J connectivity index is 1.50. The number of aromatic nitrogens is 7. The molecule has 4 aromatic rings. The van der Waals surface area contributed by atoms with Crippen molar-refractivity contribution in [1.29, 1.82) is 0 Å². The Morgan fingerprint density at radius 3 is 2.77 bits per heavy atom. The van der Waals surface area contributed by atoms with Crippen LogP contribution < -0.4 is 11.0 Å². The summed E-state index contributed by atoms with van der Waals surface area (Å²) in [6, 6.07) is 2.06. The summed E-state index contributed by atoms with van der Waals surface area (Å²) >= 11 is 0. The second-order valence-electron chi connectivity index (χ2n) is 7.45. The van der Waals surface area contributed by atoms with Gasteiger partial charge in [-0.15, -0.1) is 0 Å². The minimum absolute atomic E-state index is 0.0781. The third kappa shape index (κ3) is 3.14. The first-order valence-corrected chi connectivity index (χ1v) is 9.86. The average Bonchev–Trinajstić information content (AvgIpc) is 3.38. The molecular formula is C20H22N8O2. The van der Waals surface area contributed by atoms with Gasteiger partial charge in [-0.2, -0.15) is 10.1 Å². The molecule has 0 bridgehead atoms. The van der Waals surface area contributed by atoms with Crippen LogP contribution in [0.5, 0.6) is 0 Å². The predicted octanol–water partition coefficient (Wildman–Crippen LogP) is 2.32. The lowest BCUT2D eigenvalue weighted by Crippen LogP contribution is -2.30. The van der Waals surface area contributed by atoms with Gasteiger partial charge in [-0.1, -0.05) is 0 Å². The highest BCUT2D eigenvalue weighted by molar-refractivity contribution is 5.73. The minimum Gasteiger partial charge on any atom is -0.381 e. The monoisotopic (exact) mass is 406 g/mol. The van der Waals surface area contributed by atoms with Gasteiger partial charge in [-0.3, -0.25) is 19.2 Å². The number of fused-ring (bicyclic) bond motifs is 1. The van der Waals surface area contributed by atoms with Crippen LogP contribution in [0.1, 0.15) is 24.4 Å². The second kappa shape index (κ2) is 7.38. The van der Waals surface area contributed by atoms with Crippen molar-refractivity contribution in [2.75, 3.05) is 18.5 Å². The zero-order chi connectivity index (χ0) is 20.7. The second-order valence-corrected chi connectivity index (χ2v) is 7.45. The summed E-state index contributed by atoms with van der Waals surface area (Å²) < 4.78 is 8.83. The molecule has 30 heavy (non-hydrogen) atoms. The molecule has 1 fully saturated rings. The van der Waals surface area contributed by atoms with Gasteiger partial charge in [0.1, 0.15) is 5.52 Å². The third-order valence-corrected chi connectivity index (χ3v) is 5.54. The van der Waals surface area contributed by atoms with E-state index in [0.717, 1.165) is 35.3 Å². The van der Waals surface area contributed by atoms with E-state index in [1.54, 1.807) is 41.0 Å². The molecule has 0 atom stereocenters. The Morgan fingerprint density at radius 2 is 2.03 bits per heavy atom. The van der Waals surface area contributed by atoms with Crippen molar-refractivity contribution in [3.05, 3.63) is 46.9 Å². The maximum absolute atomic E-state index is 12.8. The molecule has 2 N–H and O–H groups in total. The smallest absolute Gasteiger partial charge is 0.330 e. The van der Waals surface area contributed by atoms with Gasteiger partial charge in [-0.25, -0.2) is 9.78 Å². The predicted molar refractivity (Wildman–Crippen MR) is 112 cm³/mol. The van der Waals surface area contributed by atoms with E-state index in [0.29, 0.717) is 30.3 Å². The van der Waals surface area contributed by atoms with Crippen molar-refractivity contribution >= 4 is 22.8 Å². The van der Waals surface area contributed by atoms with E-state index in [1.165, 1.54) is 0 Å². The molecule has 4 aromatic heterocycles. The number of hydrogen-bond acceptors (Lipinski definition) is 7. The fraction of sp³-hybridized carbons (Fsp3) is 0.350. The van der Waals surface area contributed by atoms with E-state index >= 15 is 0 Å². The number of nitrogens with zero attached hydrogens (tertiary/aromatic N) is 6. The van der Waals surface area contributed by atoms with E-state index in [1.807, 2.05) is 13.0 Å². The van der Waals surface area contributed by atoms with Crippen LogP contribution in [0.15, 0.2) is 35.6 Å². The number of ether oxygens (including phenoxy) is 1. The van der Waals surface area contributed by atoms with E-state index in [-0.39, 0.29) is 11.7 Å². The van der Waals surface area contributed by atoms with Gasteiger partial charge >= 0.3 is 5.69 Å². The third-order valence-electron chi connectivity index (χ3n) is 5.54. The normalized spacial score (nSPS) is 15.0. The number of anilines is 2. The van der Waals surface area contributed by atoms with Gasteiger partial charge in [0.05, 0.1) is 30.0 Å². The molecule has 10 nitrogen and oxygen atoms in total. The van der Waals surface area contributed by atoms with Crippen LogP contribution in [-0.4, -0.2) is 47.5 Å². The molecule has 5 heterocycles.